The molecule has 6 heteroatoms. The number of alkyl halides is 1. The molecule has 5 N–H and O–H groups in total. The third-order valence-electron chi connectivity index (χ3n) is 1.65. The third kappa shape index (κ3) is 6.36. The highest BCUT2D eigenvalue weighted by atomic mass is 19.1. The van der Waals surface area contributed by atoms with Gasteiger partial charge >= 0.3 is 5.97 Å². The number of halogens is 1. The van der Waals surface area contributed by atoms with Crippen LogP contribution in [0.25, 0.3) is 0 Å². The standard InChI is InChI=1S/C8H16FN3O2/c1-5(10)12-4-6(9)2-3-7(11)8(13)14/h6-7H,2-4,11H2,1H3,(H2,10,12)(H,13,14)/t6?,7-/m0/s1. The summed E-state index contributed by atoms with van der Waals surface area (Å²) in [6.07, 6.45) is -0.987. The number of aliphatic carboxylic acids is 1. The van der Waals surface area contributed by atoms with E-state index in [1.807, 2.05) is 0 Å². The van der Waals surface area contributed by atoms with Gasteiger partial charge in [0.2, 0.25) is 0 Å². The van der Waals surface area contributed by atoms with Gasteiger partial charge in [-0.25, -0.2) is 4.39 Å². The molecule has 0 spiro atoms. The minimum Gasteiger partial charge on any atom is -0.480 e. The SMILES string of the molecule is CC(N)=NCC(F)CC[C@H](N)C(=O)O. The van der Waals surface area contributed by atoms with E-state index in [0.29, 0.717) is 5.84 Å². The van der Waals surface area contributed by atoms with Gasteiger partial charge in [0.15, 0.2) is 0 Å². The molecule has 82 valence electrons. The number of nitrogens with two attached hydrogens (primary N) is 2. The Bertz CT molecular complexity index is 217. The number of carboxylic acids is 1. The zero-order valence-corrected chi connectivity index (χ0v) is 8.11. The molecular formula is C8H16FN3O2. The van der Waals surface area contributed by atoms with Crippen molar-refractivity contribution in [3.8, 4) is 0 Å². The Morgan fingerprint density at radius 2 is 2.14 bits per heavy atom. The van der Waals surface area contributed by atoms with Gasteiger partial charge in [-0.1, -0.05) is 0 Å². The highest BCUT2D eigenvalue weighted by Crippen LogP contribution is 2.04. The average Bonchev–Trinajstić information content (AvgIpc) is 2.10. The molecule has 0 aromatic rings. The molecule has 0 saturated carbocycles. The Labute approximate surface area is 82.0 Å². The van der Waals surface area contributed by atoms with Crippen LogP contribution in [-0.4, -0.2) is 35.7 Å². The van der Waals surface area contributed by atoms with Gasteiger partial charge in [0.1, 0.15) is 12.2 Å². The maximum absolute atomic E-state index is 13.0. The number of hydrogen-bond donors (Lipinski definition) is 3. The van der Waals surface area contributed by atoms with Crippen molar-refractivity contribution in [2.75, 3.05) is 6.54 Å². The van der Waals surface area contributed by atoms with Crippen molar-refractivity contribution in [2.24, 2.45) is 16.5 Å². The lowest BCUT2D eigenvalue weighted by Crippen LogP contribution is -2.31. The lowest BCUT2D eigenvalue weighted by Gasteiger charge is -2.08. The fourth-order valence-corrected chi connectivity index (χ4v) is 0.818. The highest BCUT2D eigenvalue weighted by molar-refractivity contribution is 5.77. The third-order valence-corrected chi connectivity index (χ3v) is 1.65. The van der Waals surface area contributed by atoms with Gasteiger partial charge < -0.3 is 16.6 Å². The van der Waals surface area contributed by atoms with Crippen molar-refractivity contribution >= 4 is 11.8 Å². The molecule has 0 aliphatic rings. The molecule has 0 fully saturated rings. The lowest BCUT2D eigenvalue weighted by atomic mass is 10.1. The molecule has 0 aromatic heterocycles. The van der Waals surface area contributed by atoms with Gasteiger partial charge in [-0.05, 0) is 19.8 Å². The number of amidine groups is 1. The van der Waals surface area contributed by atoms with E-state index in [-0.39, 0.29) is 19.4 Å². The number of carboxylic acid groups (broad SMARTS) is 1. The van der Waals surface area contributed by atoms with Gasteiger partial charge in [0, 0.05) is 0 Å². The van der Waals surface area contributed by atoms with Crippen LogP contribution < -0.4 is 11.5 Å². The molecule has 0 saturated heterocycles. The fraction of sp³-hybridized carbons (Fsp3) is 0.750. The summed E-state index contributed by atoms with van der Waals surface area (Å²) in [5, 5.41) is 8.42. The van der Waals surface area contributed by atoms with E-state index in [2.05, 4.69) is 4.99 Å². The van der Waals surface area contributed by atoms with Gasteiger partial charge in [-0.15, -0.1) is 0 Å². The van der Waals surface area contributed by atoms with Crippen LogP contribution >= 0.6 is 0 Å². The summed E-state index contributed by atoms with van der Waals surface area (Å²) in [4.78, 5) is 14.0. The second-order valence-electron chi connectivity index (χ2n) is 3.10. The molecular weight excluding hydrogens is 189 g/mol. The number of carbonyl (C=O) groups is 1. The monoisotopic (exact) mass is 205 g/mol. The van der Waals surface area contributed by atoms with Crippen molar-refractivity contribution in [1.29, 1.82) is 0 Å². The van der Waals surface area contributed by atoms with Crippen molar-refractivity contribution in [3.05, 3.63) is 0 Å². The van der Waals surface area contributed by atoms with Crippen molar-refractivity contribution < 1.29 is 14.3 Å². The summed E-state index contributed by atoms with van der Waals surface area (Å²) in [5.41, 5.74) is 10.4. The predicted molar refractivity (Wildman–Crippen MR) is 51.9 cm³/mol. The maximum Gasteiger partial charge on any atom is 0.320 e. The first-order valence-corrected chi connectivity index (χ1v) is 4.32. The first-order valence-electron chi connectivity index (χ1n) is 4.32. The quantitative estimate of drug-likeness (QED) is 0.416. The zero-order chi connectivity index (χ0) is 11.1. The first kappa shape index (κ1) is 12.8. The van der Waals surface area contributed by atoms with Crippen LogP contribution in [0.3, 0.4) is 0 Å². The molecule has 0 radical (unpaired) electrons. The summed E-state index contributed by atoms with van der Waals surface area (Å²) in [6.45, 7) is 1.53. The van der Waals surface area contributed by atoms with E-state index in [1.54, 1.807) is 6.92 Å². The minimum atomic E-state index is -1.18. The van der Waals surface area contributed by atoms with Crippen LogP contribution in [0.2, 0.25) is 0 Å². The molecule has 0 rings (SSSR count). The Balaban J connectivity index is 3.69. The highest BCUT2D eigenvalue weighted by Gasteiger charge is 2.14. The van der Waals surface area contributed by atoms with E-state index in [9.17, 15) is 9.18 Å². The van der Waals surface area contributed by atoms with Crippen molar-refractivity contribution in [1.82, 2.24) is 0 Å². The van der Waals surface area contributed by atoms with Crippen LogP contribution in [-0.2, 0) is 4.79 Å². The Morgan fingerprint density at radius 3 is 2.57 bits per heavy atom. The topological polar surface area (TPSA) is 102 Å². The van der Waals surface area contributed by atoms with Crippen LogP contribution in [0, 0.1) is 0 Å². The predicted octanol–water partition coefficient (Wildman–Crippen LogP) is -0.106. The molecule has 2 atom stereocenters. The van der Waals surface area contributed by atoms with Crippen molar-refractivity contribution in [3.63, 3.8) is 0 Å². The van der Waals surface area contributed by atoms with E-state index >= 15 is 0 Å². The zero-order valence-electron chi connectivity index (χ0n) is 8.11. The van der Waals surface area contributed by atoms with E-state index in [4.69, 9.17) is 16.6 Å². The second-order valence-corrected chi connectivity index (χ2v) is 3.10. The average molecular weight is 205 g/mol. The van der Waals surface area contributed by atoms with E-state index in [1.165, 1.54) is 0 Å². The number of aliphatic imine (C=N–C) groups is 1. The van der Waals surface area contributed by atoms with Crippen LogP contribution in [0.15, 0.2) is 4.99 Å². The molecule has 0 aromatic carbocycles. The van der Waals surface area contributed by atoms with Crippen LogP contribution in [0.4, 0.5) is 4.39 Å². The molecule has 0 aliphatic heterocycles. The Morgan fingerprint density at radius 1 is 1.57 bits per heavy atom. The summed E-state index contributed by atoms with van der Waals surface area (Å²) < 4.78 is 13.0. The minimum absolute atomic E-state index is 0.0331. The largest absolute Gasteiger partial charge is 0.480 e. The normalized spacial score (nSPS) is 16.4. The van der Waals surface area contributed by atoms with Crippen LogP contribution in [0.1, 0.15) is 19.8 Å². The Hall–Kier alpha value is -1.17. The molecule has 0 bridgehead atoms. The molecule has 5 nitrogen and oxygen atoms in total. The number of nitrogens with zero attached hydrogens (tertiary/aromatic N) is 1. The summed E-state index contributed by atoms with van der Waals surface area (Å²) in [6, 6.07) is -1.00. The smallest absolute Gasteiger partial charge is 0.320 e. The first-order chi connectivity index (χ1) is 6.43. The number of hydrogen-bond acceptors (Lipinski definition) is 3. The molecule has 0 aliphatic carbocycles. The molecule has 0 heterocycles. The van der Waals surface area contributed by atoms with Crippen molar-refractivity contribution in [2.45, 2.75) is 32.0 Å². The van der Waals surface area contributed by atoms with E-state index < -0.39 is 18.2 Å². The van der Waals surface area contributed by atoms with Gasteiger partial charge in [-0.2, -0.15) is 0 Å². The Kier molecular flexibility index (Phi) is 5.78. The van der Waals surface area contributed by atoms with Crippen LogP contribution in [0.5, 0.6) is 0 Å². The summed E-state index contributed by atoms with van der Waals surface area (Å²) >= 11 is 0. The van der Waals surface area contributed by atoms with Gasteiger partial charge in [-0.3, -0.25) is 9.79 Å². The second kappa shape index (κ2) is 6.31. The lowest BCUT2D eigenvalue weighted by molar-refractivity contribution is -0.138. The molecule has 0 amide bonds. The van der Waals surface area contributed by atoms with Gasteiger partial charge in [0.25, 0.3) is 0 Å². The number of rotatable bonds is 6. The summed E-state index contributed by atoms with van der Waals surface area (Å²) in [7, 11) is 0. The molecule has 14 heavy (non-hydrogen) atoms. The fourth-order valence-electron chi connectivity index (χ4n) is 0.818. The van der Waals surface area contributed by atoms with Gasteiger partial charge in [0.05, 0.1) is 12.4 Å². The van der Waals surface area contributed by atoms with E-state index in [0.717, 1.165) is 0 Å². The molecule has 1 unspecified atom stereocenters. The summed E-state index contributed by atoms with van der Waals surface area (Å²) in [5.74, 6) is -0.800. The maximum atomic E-state index is 13.0.